The van der Waals surface area contributed by atoms with Gasteiger partial charge in [0.15, 0.2) is 6.10 Å². The minimum Gasteiger partial charge on any atom is -0.488 e. The molecule has 5 nitrogen and oxygen atoms in total. The molecule has 0 bridgehead atoms. The molecule has 3 aromatic rings. The maximum atomic E-state index is 13.0. The number of halogens is 1. The predicted octanol–water partition coefficient (Wildman–Crippen LogP) is 4.33. The summed E-state index contributed by atoms with van der Waals surface area (Å²) in [6.07, 6.45) is -0.951. The van der Waals surface area contributed by atoms with Gasteiger partial charge in [-0.05, 0) is 48.2 Å². The van der Waals surface area contributed by atoms with Crippen LogP contribution in [0.2, 0.25) is 0 Å². The van der Waals surface area contributed by atoms with Crippen molar-refractivity contribution < 1.29 is 23.5 Å². The minimum absolute atomic E-state index is 0.168. The molecule has 0 spiro atoms. The molecule has 7 heteroatoms. The number of hydrogen-bond acceptors (Lipinski definition) is 5. The van der Waals surface area contributed by atoms with Gasteiger partial charge in [0.1, 0.15) is 23.7 Å². The van der Waals surface area contributed by atoms with Gasteiger partial charge in [0.25, 0.3) is 5.91 Å². The lowest BCUT2D eigenvalue weighted by Crippen LogP contribution is -2.35. The standard InChI is InChI=1S/C22H20FNO4S/c1-15(21(25)24-13-18-5-4-12-29-18)28-22(26)19-6-2-3-7-20(19)27-14-16-8-10-17(23)11-9-16/h2-12,15H,13-14H2,1H3,(H,24,25). The fourth-order valence-corrected chi connectivity index (χ4v) is 3.16. The Morgan fingerprint density at radius 1 is 1.07 bits per heavy atom. The van der Waals surface area contributed by atoms with Crippen molar-refractivity contribution in [2.75, 3.05) is 0 Å². The van der Waals surface area contributed by atoms with Gasteiger partial charge in [0.2, 0.25) is 0 Å². The summed E-state index contributed by atoms with van der Waals surface area (Å²) in [7, 11) is 0. The third kappa shape index (κ3) is 5.89. The van der Waals surface area contributed by atoms with Gasteiger partial charge in [-0.1, -0.05) is 30.3 Å². The predicted molar refractivity (Wildman–Crippen MR) is 108 cm³/mol. The number of amides is 1. The fourth-order valence-electron chi connectivity index (χ4n) is 2.51. The number of esters is 1. The van der Waals surface area contributed by atoms with Crippen LogP contribution >= 0.6 is 11.3 Å². The topological polar surface area (TPSA) is 64.6 Å². The molecule has 1 heterocycles. The number of carbonyl (C=O) groups is 2. The second-order valence-electron chi connectivity index (χ2n) is 6.26. The van der Waals surface area contributed by atoms with E-state index in [-0.39, 0.29) is 23.9 Å². The van der Waals surface area contributed by atoms with Crippen LogP contribution in [0.25, 0.3) is 0 Å². The van der Waals surface area contributed by atoms with E-state index in [9.17, 15) is 14.0 Å². The third-order valence-corrected chi connectivity index (χ3v) is 4.96. The van der Waals surface area contributed by atoms with Crippen LogP contribution in [-0.2, 0) is 22.7 Å². The lowest BCUT2D eigenvalue weighted by molar-refractivity contribution is -0.129. The number of ether oxygens (including phenoxy) is 2. The van der Waals surface area contributed by atoms with Crippen molar-refractivity contribution in [3.8, 4) is 5.75 Å². The zero-order valence-electron chi connectivity index (χ0n) is 15.8. The Hall–Kier alpha value is -3.19. The number of rotatable bonds is 8. The number of thiophene rings is 1. The van der Waals surface area contributed by atoms with Gasteiger partial charge in [-0.3, -0.25) is 4.79 Å². The number of nitrogens with one attached hydrogen (secondary N) is 1. The van der Waals surface area contributed by atoms with Crippen molar-refractivity contribution in [1.82, 2.24) is 5.32 Å². The van der Waals surface area contributed by atoms with E-state index in [2.05, 4.69) is 5.32 Å². The average molecular weight is 413 g/mol. The van der Waals surface area contributed by atoms with Crippen LogP contribution in [0.4, 0.5) is 4.39 Å². The Kier molecular flexibility index (Phi) is 6.97. The van der Waals surface area contributed by atoms with Gasteiger partial charge in [0, 0.05) is 4.88 Å². The maximum Gasteiger partial charge on any atom is 0.342 e. The van der Waals surface area contributed by atoms with E-state index in [0.717, 1.165) is 10.4 Å². The summed E-state index contributed by atoms with van der Waals surface area (Å²) in [5.41, 5.74) is 0.975. The molecule has 0 fully saturated rings. The molecule has 0 aliphatic rings. The van der Waals surface area contributed by atoms with E-state index in [1.54, 1.807) is 36.4 Å². The Bertz CT molecular complexity index is 957. The Balaban J connectivity index is 1.58. The molecular weight excluding hydrogens is 393 g/mol. The summed E-state index contributed by atoms with van der Waals surface area (Å²) in [5, 5.41) is 4.66. The largest absolute Gasteiger partial charge is 0.488 e. The summed E-state index contributed by atoms with van der Waals surface area (Å²) in [6, 6.07) is 16.3. The van der Waals surface area contributed by atoms with Gasteiger partial charge >= 0.3 is 5.97 Å². The first kappa shape index (κ1) is 20.5. The van der Waals surface area contributed by atoms with E-state index >= 15 is 0 Å². The number of hydrogen-bond donors (Lipinski definition) is 1. The van der Waals surface area contributed by atoms with Crippen LogP contribution in [0.3, 0.4) is 0 Å². The number of para-hydroxylation sites is 1. The first-order chi connectivity index (χ1) is 14.0. The lowest BCUT2D eigenvalue weighted by atomic mass is 10.2. The molecule has 1 amide bonds. The summed E-state index contributed by atoms with van der Waals surface area (Å²) in [5.74, 6) is -1.04. The lowest BCUT2D eigenvalue weighted by Gasteiger charge is -2.15. The van der Waals surface area contributed by atoms with Crippen LogP contribution in [0.1, 0.15) is 27.7 Å². The summed E-state index contributed by atoms with van der Waals surface area (Å²) < 4.78 is 24.0. The molecule has 1 unspecified atom stereocenters. The van der Waals surface area contributed by atoms with Gasteiger partial charge < -0.3 is 14.8 Å². The average Bonchev–Trinajstić information content (AvgIpc) is 3.25. The van der Waals surface area contributed by atoms with E-state index in [0.29, 0.717) is 12.3 Å². The van der Waals surface area contributed by atoms with Gasteiger partial charge in [-0.25, -0.2) is 9.18 Å². The Labute approximate surface area is 172 Å². The van der Waals surface area contributed by atoms with Crippen LogP contribution < -0.4 is 10.1 Å². The zero-order chi connectivity index (χ0) is 20.6. The van der Waals surface area contributed by atoms with Crippen LogP contribution in [-0.4, -0.2) is 18.0 Å². The zero-order valence-corrected chi connectivity index (χ0v) is 16.6. The van der Waals surface area contributed by atoms with E-state index < -0.39 is 12.1 Å². The van der Waals surface area contributed by atoms with E-state index in [1.165, 1.54) is 30.4 Å². The first-order valence-corrected chi connectivity index (χ1v) is 9.88. The second-order valence-corrected chi connectivity index (χ2v) is 7.29. The molecule has 1 aromatic heterocycles. The molecule has 0 saturated carbocycles. The highest BCUT2D eigenvalue weighted by molar-refractivity contribution is 7.09. The molecule has 29 heavy (non-hydrogen) atoms. The van der Waals surface area contributed by atoms with Crippen LogP contribution in [0.15, 0.2) is 66.0 Å². The van der Waals surface area contributed by atoms with Crippen molar-refractivity contribution >= 4 is 23.2 Å². The van der Waals surface area contributed by atoms with Crippen molar-refractivity contribution in [2.45, 2.75) is 26.2 Å². The SMILES string of the molecule is CC(OC(=O)c1ccccc1OCc1ccc(F)cc1)C(=O)NCc1cccs1. The smallest absolute Gasteiger partial charge is 0.342 e. The molecule has 1 N–H and O–H groups in total. The second kappa shape index (κ2) is 9.84. The Morgan fingerprint density at radius 2 is 1.83 bits per heavy atom. The summed E-state index contributed by atoms with van der Waals surface area (Å²) in [6.45, 7) is 2.07. The highest BCUT2D eigenvalue weighted by Gasteiger charge is 2.21. The molecular formula is C22H20FNO4S. The molecule has 1 atom stereocenters. The highest BCUT2D eigenvalue weighted by Crippen LogP contribution is 2.21. The quantitative estimate of drug-likeness (QED) is 0.559. The highest BCUT2D eigenvalue weighted by atomic mass is 32.1. The molecule has 0 saturated heterocycles. The molecule has 0 radical (unpaired) electrons. The first-order valence-electron chi connectivity index (χ1n) is 9.00. The van der Waals surface area contributed by atoms with Crippen molar-refractivity contribution in [2.24, 2.45) is 0 Å². The normalized spacial score (nSPS) is 11.5. The van der Waals surface area contributed by atoms with Crippen LogP contribution in [0, 0.1) is 5.82 Å². The number of carbonyl (C=O) groups excluding carboxylic acids is 2. The van der Waals surface area contributed by atoms with Crippen molar-refractivity contribution in [1.29, 1.82) is 0 Å². The fraction of sp³-hybridized carbons (Fsp3) is 0.182. The third-order valence-electron chi connectivity index (χ3n) is 4.08. The van der Waals surface area contributed by atoms with E-state index in [4.69, 9.17) is 9.47 Å². The molecule has 0 aliphatic heterocycles. The Morgan fingerprint density at radius 3 is 2.55 bits per heavy atom. The monoisotopic (exact) mass is 413 g/mol. The molecule has 0 aliphatic carbocycles. The van der Waals surface area contributed by atoms with Crippen LogP contribution in [0.5, 0.6) is 5.75 Å². The molecule has 2 aromatic carbocycles. The molecule has 3 rings (SSSR count). The number of benzene rings is 2. The molecule has 150 valence electrons. The minimum atomic E-state index is -0.951. The summed E-state index contributed by atoms with van der Waals surface area (Å²) in [4.78, 5) is 25.7. The van der Waals surface area contributed by atoms with Gasteiger partial charge in [-0.15, -0.1) is 11.3 Å². The van der Waals surface area contributed by atoms with Crippen molar-refractivity contribution in [3.05, 3.63) is 87.9 Å². The summed E-state index contributed by atoms with van der Waals surface area (Å²) >= 11 is 1.53. The van der Waals surface area contributed by atoms with Gasteiger partial charge in [0.05, 0.1) is 6.54 Å². The maximum absolute atomic E-state index is 13.0. The van der Waals surface area contributed by atoms with E-state index in [1.807, 2.05) is 17.5 Å². The van der Waals surface area contributed by atoms with Gasteiger partial charge in [-0.2, -0.15) is 0 Å². The van der Waals surface area contributed by atoms with Crippen molar-refractivity contribution in [3.63, 3.8) is 0 Å².